The van der Waals surface area contributed by atoms with Gasteiger partial charge in [-0.3, -0.25) is 4.84 Å². The highest BCUT2D eigenvalue weighted by atomic mass is 32.2. The minimum Gasteiger partial charge on any atom is -0.383 e. The van der Waals surface area contributed by atoms with E-state index in [-0.39, 0.29) is 13.2 Å². The topological polar surface area (TPSA) is 76.7 Å². The van der Waals surface area contributed by atoms with Gasteiger partial charge < -0.3 is 4.74 Å². The fourth-order valence-electron chi connectivity index (χ4n) is 0.444. The van der Waals surface area contributed by atoms with E-state index in [4.69, 9.17) is 0 Å². The fraction of sp³-hybridized carbons (Fsp3) is 1.00. The fourth-order valence-corrected chi connectivity index (χ4v) is 1.13. The van der Waals surface area contributed by atoms with E-state index in [1.807, 2.05) is 4.89 Å². The maximum Gasteiger partial charge on any atom is 0.299 e. The van der Waals surface area contributed by atoms with Gasteiger partial charge in [0.1, 0.15) is 0 Å². The van der Waals surface area contributed by atoms with Crippen LogP contribution in [0, 0.1) is 0 Å². The van der Waals surface area contributed by atoms with Crippen LogP contribution in [-0.2, 0) is 19.8 Å². The first-order valence-corrected chi connectivity index (χ1v) is 4.98. The molecule has 0 atom stereocenters. The van der Waals surface area contributed by atoms with Crippen molar-refractivity contribution in [2.75, 3.05) is 26.9 Å². The van der Waals surface area contributed by atoms with Crippen LogP contribution in [0.5, 0.6) is 0 Å². The van der Waals surface area contributed by atoms with Gasteiger partial charge in [-0.2, -0.15) is 13.1 Å². The smallest absolute Gasteiger partial charge is 0.299 e. The van der Waals surface area contributed by atoms with Crippen LogP contribution in [0.1, 0.15) is 6.92 Å². The van der Waals surface area contributed by atoms with Gasteiger partial charge in [0.05, 0.1) is 13.2 Å². The van der Waals surface area contributed by atoms with Crippen molar-refractivity contribution >= 4 is 10.2 Å². The molecule has 0 saturated carbocycles. The second kappa shape index (κ2) is 6.32. The molecule has 0 unspecified atom stereocenters. The van der Waals surface area contributed by atoms with Crippen LogP contribution in [0.15, 0.2) is 0 Å². The Morgan fingerprint density at radius 3 is 2.58 bits per heavy atom. The summed E-state index contributed by atoms with van der Waals surface area (Å²) in [5.41, 5.74) is 0. The molecule has 7 heteroatoms. The van der Waals surface area contributed by atoms with Crippen molar-refractivity contribution in [2.45, 2.75) is 6.92 Å². The van der Waals surface area contributed by atoms with E-state index in [2.05, 4.69) is 14.3 Å². The zero-order valence-electron chi connectivity index (χ0n) is 7.16. The molecule has 0 aliphatic rings. The summed E-state index contributed by atoms with van der Waals surface area (Å²) in [6.45, 7) is 2.51. The molecule has 0 amide bonds. The van der Waals surface area contributed by atoms with Crippen LogP contribution in [-0.4, -0.2) is 35.3 Å². The normalized spacial score (nSPS) is 11.8. The highest BCUT2D eigenvalue weighted by molar-refractivity contribution is 7.87. The van der Waals surface area contributed by atoms with Crippen molar-refractivity contribution in [1.82, 2.24) is 9.61 Å². The van der Waals surface area contributed by atoms with Gasteiger partial charge in [0, 0.05) is 13.7 Å². The van der Waals surface area contributed by atoms with Crippen LogP contribution >= 0.6 is 0 Å². The maximum absolute atomic E-state index is 10.9. The van der Waals surface area contributed by atoms with E-state index >= 15 is 0 Å². The average molecular weight is 198 g/mol. The quantitative estimate of drug-likeness (QED) is 0.407. The Morgan fingerprint density at radius 1 is 1.42 bits per heavy atom. The van der Waals surface area contributed by atoms with Gasteiger partial charge in [-0.15, -0.1) is 0 Å². The molecule has 0 aliphatic carbocycles. The number of rotatable bonds is 7. The highest BCUT2D eigenvalue weighted by Gasteiger charge is 2.06. The molecule has 0 saturated heterocycles. The van der Waals surface area contributed by atoms with Crippen LogP contribution in [0.25, 0.3) is 0 Å². The largest absolute Gasteiger partial charge is 0.383 e. The average Bonchev–Trinajstić information content (AvgIpc) is 2.01. The summed E-state index contributed by atoms with van der Waals surface area (Å²) in [7, 11) is -2.03. The summed E-state index contributed by atoms with van der Waals surface area (Å²) in [6, 6.07) is 0. The number of ether oxygens (including phenoxy) is 1. The highest BCUT2D eigenvalue weighted by Crippen LogP contribution is 1.76. The molecule has 0 aromatic carbocycles. The molecule has 12 heavy (non-hydrogen) atoms. The lowest BCUT2D eigenvalue weighted by Crippen LogP contribution is -2.38. The van der Waals surface area contributed by atoms with E-state index in [0.29, 0.717) is 6.61 Å². The van der Waals surface area contributed by atoms with Crippen molar-refractivity contribution in [3.63, 3.8) is 0 Å². The summed E-state index contributed by atoms with van der Waals surface area (Å²) < 4.78 is 28.6. The van der Waals surface area contributed by atoms with Gasteiger partial charge in [-0.1, -0.05) is 4.89 Å². The van der Waals surface area contributed by atoms with E-state index in [9.17, 15) is 8.42 Å². The van der Waals surface area contributed by atoms with E-state index < -0.39 is 10.2 Å². The van der Waals surface area contributed by atoms with E-state index in [1.54, 1.807) is 6.92 Å². The Bertz CT molecular complexity index is 192. The van der Waals surface area contributed by atoms with Gasteiger partial charge in [-0.05, 0) is 6.92 Å². The molecular weight excluding hydrogens is 184 g/mol. The first-order valence-electron chi connectivity index (χ1n) is 3.49. The lowest BCUT2D eigenvalue weighted by atomic mass is 10.7. The molecule has 2 N–H and O–H groups in total. The predicted molar refractivity (Wildman–Crippen MR) is 43.6 cm³/mol. The monoisotopic (exact) mass is 198 g/mol. The van der Waals surface area contributed by atoms with Crippen molar-refractivity contribution in [1.29, 1.82) is 0 Å². The first-order chi connectivity index (χ1) is 5.62. The first kappa shape index (κ1) is 11.8. The Hall–Kier alpha value is -0.210. The van der Waals surface area contributed by atoms with Gasteiger partial charge in [0.2, 0.25) is 0 Å². The number of hydrogen-bond donors (Lipinski definition) is 2. The van der Waals surface area contributed by atoms with Crippen molar-refractivity contribution in [3.05, 3.63) is 0 Å². The number of nitrogens with one attached hydrogen (secondary N) is 2. The molecule has 0 aromatic heterocycles. The molecule has 0 spiro atoms. The van der Waals surface area contributed by atoms with Gasteiger partial charge >= 0.3 is 0 Å². The third-order valence-electron chi connectivity index (χ3n) is 0.911. The summed E-state index contributed by atoms with van der Waals surface area (Å²) in [6.07, 6.45) is 0. The molecule has 6 nitrogen and oxygen atoms in total. The zero-order valence-corrected chi connectivity index (χ0v) is 7.98. The van der Waals surface area contributed by atoms with E-state index in [1.165, 1.54) is 7.11 Å². The second-order valence-corrected chi connectivity index (χ2v) is 3.37. The summed E-state index contributed by atoms with van der Waals surface area (Å²) in [4.78, 5) is 6.36. The lowest BCUT2D eigenvalue weighted by molar-refractivity contribution is 0.104. The van der Waals surface area contributed by atoms with Crippen molar-refractivity contribution < 1.29 is 18.0 Å². The second-order valence-electron chi connectivity index (χ2n) is 1.91. The Morgan fingerprint density at radius 2 is 2.08 bits per heavy atom. The Balaban J connectivity index is 3.58. The zero-order chi connectivity index (χ0) is 9.45. The number of methoxy groups -OCH3 is 1. The number of hydrogen-bond acceptors (Lipinski definition) is 4. The summed E-state index contributed by atoms with van der Waals surface area (Å²) in [5, 5.41) is 0. The predicted octanol–water partition coefficient (Wildman–Crippen LogP) is -0.992. The molecule has 0 fully saturated rings. The van der Waals surface area contributed by atoms with Gasteiger partial charge in [-0.25, -0.2) is 0 Å². The minimum absolute atomic E-state index is 0.221. The molecule has 0 aromatic rings. The van der Waals surface area contributed by atoms with Crippen LogP contribution in [0.3, 0.4) is 0 Å². The standard InChI is InChI=1S/C5H14N2O4S/c1-3-11-7-12(8,9)6-4-5-10-2/h6-7H,3-5H2,1-2H3. The van der Waals surface area contributed by atoms with Crippen molar-refractivity contribution in [3.8, 4) is 0 Å². The summed E-state index contributed by atoms with van der Waals surface area (Å²) in [5.74, 6) is 0. The third-order valence-corrected chi connectivity index (χ3v) is 1.83. The molecule has 0 radical (unpaired) electrons. The van der Waals surface area contributed by atoms with E-state index in [0.717, 1.165) is 0 Å². The molecule has 0 heterocycles. The Labute approximate surface area is 72.4 Å². The lowest BCUT2D eigenvalue weighted by Gasteiger charge is -2.05. The molecule has 0 rings (SSSR count). The summed E-state index contributed by atoms with van der Waals surface area (Å²) >= 11 is 0. The molecular formula is C5H14N2O4S. The van der Waals surface area contributed by atoms with Crippen LogP contribution in [0.4, 0.5) is 0 Å². The molecule has 74 valence electrons. The minimum atomic E-state index is -3.52. The van der Waals surface area contributed by atoms with Crippen molar-refractivity contribution in [2.24, 2.45) is 0 Å². The SMILES string of the molecule is CCONS(=O)(=O)NCCOC. The molecule has 0 bridgehead atoms. The Kier molecular flexibility index (Phi) is 6.21. The maximum atomic E-state index is 10.9. The third kappa shape index (κ3) is 6.50. The van der Waals surface area contributed by atoms with Crippen LogP contribution in [0.2, 0.25) is 0 Å². The van der Waals surface area contributed by atoms with Gasteiger partial charge in [0.15, 0.2) is 0 Å². The van der Waals surface area contributed by atoms with Crippen LogP contribution < -0.4 is 9.61 Å². The molecule has 0 aliphatic heterocycles. The van der Waals surface area contributed by atoms with Gasteiger partial charge in [0.25, 0.3) is 10.2 Å².